The molecule has 1 aromatic heterocycles. The zero-order chi connectivity index (χ0) is 13.1. The van der Waals surface area contributed by atoms with E-state index in [1.165, 1.54) is 0 Å². The second-order valence-electron chi connectivity index (χ2n) is 4.18. The summed E-state index contributed by atoms with van der Waals surface area (Å²) in [6.45, 7) is 1.18. The highest BCUT2D eigenvalue weighted by Gasteiger charge is 2.13. The summed E-state index contributed by atoms with van der Waals surface area (Å²) in [5, 5.41) is 0. The molecule has 2 aromatic rings. The molecule has 19 heavy (non-hydrogen) atoms. The van der Waals surface area contributed by atoms with Crippen LogP contribution >= 0.6 is 0 Å². The van der Waals surface area contributed by atoms with Crippen molar-refractivity contribution in [3.8, 4) is 17.4 Å². The van der Waals surface area contributed by atoms with E-state index in [0.29, 0.717) is 19.0 Å². The monoisotopic (exact) mass is 258 g/mol. The number of nitrogens with zero attached hydrogens (tertiary/aromatic N) is 1. The lowest BCUT2D eigenvalue weighted by Gasteiger charge is -2.07. The van der Waals surface area contributed by atoms with Gasteiger partial charge in [0.05, 0.1) is 0 Å². The third-order valence-electron chi connectivity index (χ3n) is 2.86. The van der Waals surface area contributed by atoms with Crippen molar-refractivity contribution in [2.24, 2.45) is 5.73 Å². The Morgan fingerprint density at radius 1 is 1.11 bits per heavy atom. The quantitative estimate of drug-likeness (QED) is 0.906. The van der Waals surface area contributed by atoms with Crippen molar-refractivity contribution in [2.75, 3.05) is 6.79 Å². The van der Waals surface area contributed by atoms with Crippen molar-refractivity contribution >= 4 is 0 Å². The van der Waals surface area contributed by atoms with Crippen molar-refractivity contribution in [3.05, 3.63) is 47.7 Å². The van der Waals surface area contributed by atoms with Gasteiger partial charge in [-0.05, 0) is 29.3 Å². The van der Waals surface area contributed by atoms with Crippen LogP contribution in [0.2, 0.25) is 0 Å². The molecule has 0 saturated heterocycles. The molecule has 0 unspecified atom stereocenters. The third-order valence-corrected chi connectivity index (χ3v) is 2.86. The van der Waals surface area contributed by atoms with E-state index in [1.807, 2.05) is 30.3 Å². The summed E-state index contributed by atoms with van der Waals surface area (Å²) in [5.74, 6) is 2.09. The normalized spacial score (nSPS) is 12.5. The summed E-state index contributed by atoms with van der Waals surface area (Å²) in [5.41, 5.74) is 7.57. The van der Waals surface area contributed by atoms with Gasteiger partial charge in [0.2, 0.25) is 12.7 Å². The predicted octanol–water partition coefficient (Wildman–Crippen LogP) is 1.85. The minimum Gasteiger partial charge on any atom is -0.473 e. The van der Waals surface area contributed by atoms with Crippen molar-refractivity contribution in [3.63, 3.8) is 0 Å². The van der Waals surface area contributed by atoms with E-state index < -0.39 is 0 Å². The lowest BCUT2D eigenvalue weighted by atomic mass is 10.2. The Balaban J connectivity index is 1.68. The van der Waals surface area contributed by atoms with E-state index in [2.05, 4.69) is 4.98 Å². The van der Waals surface area contributed by atoms with Crippen LogP contribution in [0.1, 0.15) is 11.1 Å². The number of nitrogens with two attached hydrogens (primary N) is 1. The van der Waals surface area contributed by atoms with Crippen LogP contribution in [-0.4, -0.2) is 11.8 Å². The molecule has 2 heterocycles. The van der Waals surface area contributed by atoms with E-state index in [9.17, 15) is 0 Å². The summed E-state index contributed by atoms with van der Waals surface area (Å²) in [6, 6.07) is 9.45. The minimum absolute atomic E-state index is 0.278. The smallest absolute Gasteiger partial charge is 0.231 e. The van der Waals surface area contributed by atoms with Crippen molar-refractivity contribution in [1.29, 1.82) is 0 Å². The molecular weight excluding hydrogens is 244 g/mol. The Labute approximate surface area is 110 Å². The van der Waals surface area contributed by atoms with Crippen molar-refractivity contribution in [1.82, 2.24) is 4.98 Å². The maximum Gasteiger partial charge on any atom is 0.231 e. The van der Waals surface area contributed by atoms with E-state index >= 15 is 0 Å². The van der Waals surface area contributed by atoms with Crippen LogP contribution in [0.3, 0.4) is 0 Å². The van der Waals surface area contributed by atoms with Gasteiger partial charge in [-0.2, -0.15) is 0 Å². The fourth-order valence-corrected chi connectivity index (χ4v) is 1.84. The Morgan fingerprint density at radius 2 is 2.00 bits per heavy atom. The zero-order valence-corrected chi connectivity index (χ0v) is 10.3. The number of aromatic nitrogens is 1. The highest BCUT2D eigenvalue weighted by molar-refractivity contribution is 5.44. The molecule has 0 amide bonds. The second-order valence-corrected chi connectivity index (χ2v) is 4.18. The molecule has 3 rings (SSSR count). The van der Waals surface area contributed by atoms with Crippen LogP contribution < -0.4 is 19.9 Å². The SMILES string of the molecule is NCc1ccnc(OCc2ccc3c(c2)OCO3)c1. The third kappa shape index (κ3) is 2.61. The average Bonchev–Trinajstić information content (AvgIpc) is 2.93. The molecule has 0 radical (unpaired) electrons. The van der Waals surface area contributed by atoms with Crippen LogP contribution in [0.5, 0.6) is 17.4 Å². The van der Waals surface area contributed by atoms with E-state index in [1.54, 1.807) is 6.20 Å². The van der Waals surface area contributed by atoms with Gasteiger partial charge in [0, 0.05) is 18.8 Å². The van der Waals surface area contributed by atoms with Crippen LogP contribution in [0.4, 0.5) is 0 Å². The number of hydrogen-bond acceptors (Lipinski definition) is 5. The maximum absolute atomic E-state index is 5.63. The number of ether oxygens (including phenoxy) is 3. The fourth-order valence-electron chi connectivity index (χ4n) is 1.84. The Bertz CT molecular complexity index is 587. The molecule has 0 aliphatic carbocycles. The number of benzene rings is 1. The molecule has 0 saturated carbocycles. The molecule has 1 aliphatic rings. The lowest BCUT2D eigenvalue weighted by Crippen LogP contribution is -2.00. The molecule has 5 heteroatoms. The van der Waals surface area contributed by atoms with Gasteiger partial charge in [0.1, 0.15) is 6.61 Å². The van der Waals surface area contributed by atoms with Crippen molar-refractivity contribution in [2.45, 2.75) is 13.2 Å². The van der Waals surface area contributed by atoms with E-state index in [0.717, 1.165) is 22.6 Å². The molecule has 2 N–H and O–H groups in total. The Kier molecular flexibility index (Phi) is 3.20. The van der Waals surface area contributed by atoms with Gasteiger partial charge < -0.3 is 19.9 Å². The molecule has 0 bridgehead atoms. The van der Waals surface area contributed by atoms with Gasteiger partial charge in [-0.1, -0.05) is 6.07 Å². The largest absolute Gasteiger partial charge is 0.473 e. The first-order chi connectivity index (χ1) is 9.35. The van der Waals surface area contributed by atoms with Gasteiger partial charge >= 0.3 is 0 Å². The number of rotatable bonds is 4. The van der Waals surface area contributed by atoms with Gasteiger partial charge in [-0.3, -0.25) is 0 Å². The fraction of sp³-hybridized carbons (Fsp3) is 0.214. The van der Waals surface area contributed by atoms with Gasteiger partial charge in [-0.25, -0.2) is 4.98 Å². The Morgan fingerprint density at radius 3 is 2.89 bits per heavy atom. The molecular formula is C14H14N2O3. The zero-order valence-electron chi connectivity index (χ0n) is 10.3. The number of fused-ring (bicyclic) bond motifs is 1. The van der Waals surface area contributed by atoms with Crippen LogP contribution in [0.25, 0.3) is 0 Å². The Hall–Kier alpha value is -2.27. The van der Waals surface area contributed by atoms with Crippen LogP contribution in [0.15, 0.2) is 36.5 Å². The van der Waals surface area contributed by atoms with Crippen LogP contribution in [-0.2, 0) is 13.2 Å². The minimum atomic E-state index is 0.278. The molecule has 0 spiro atoms. The summed E-state index contributed by atoms with van der Waals surface area (Å²) in [6.07, 6.45) is 1.69. The average molecular weight is 258 g/mol. The molecule has 98 valence electrons. The first-order valence-corrected chi connectivity index (χ1v) is 6.01. The molecule has 1 aromatic carbocycles. The first-order valence-electron chi connectivity index (χ1n) is 6.01. The first kappa shape index (κ1) is 11.8. The summed E-state index contributed by atoms with van der Waals surface area (Å²) in [7, 11) is 0. The highest BCUT2D eigenvalue weighted by Crippen LogP contribution is 2.32. The van der Waals surface area contributed by atoms with Gasteiger partial charge in [-0.15, -0.1) is 0 Å². The second kappa shape index (κ2) is 5.16. The van der Waals surface area contributed by atoms with E-state index in [4.69, 9.17) is 19.9 Å². The highest BCUT2D eigenvalue weighted by atomic mass is 16.7. The standard InChI is InChI=1S/C14H14N2O3/c15-7-10-3-4-16-14(6-10)17-8-11-1-2-12-13(5-11)19-9-18-12/h1-6H,7-9,15H2. The molecule has 0 fully saturated rings. The van der Waals surface area contributed by atoms with Crippen LogP contribution in [0, 0.1) is 0 Å². The number of hydrogen-bond donors (Lipinski definition) is 1. The summed E-state index contributed by atoms with van der Waals surface area (Å²) < 4.78 is 16.2. The predicted molar refractivity (Wildman–Crippen MR) is 69.0 cm³/mol. The summed E-state index contributed by atoms with van der Waals surface area (Å²) >= 11 is 0. The lowest BCUT2D eigenvalue weighted by molar-refractivity contribution is 0.174. The number of pyridine rings is 1. The van der Waals surface area contributed by atoms with E-state index in [-0.39, 0.29) is 6.79 Å². The van der Waals surface area contributed by atoms with Gasteiger partial charge in [0.15, 0.2) is 11.5 Å². The molecule has 1 aliphatic heterocycles. The summed E-state index contributed by atoms with van der Waals surface area (Å²) in [4.78, 5) is 4.14. The topological polar surface area (TPSA) is 66.6 Å². The van der Waals surface area contributed by atoms with Crippen molar-refractivity contribution < 1.29 is 14.2 Å². The molecule has 0 atom stereocenters. The maximum atomic E-state index is 5.63. The molecule has 5 nitrogen and oxygen atoms in total. The van der Waals surface area contributed by atoms with Gasteiger partial charge in [0.25, 0.3) is 0 Å².